The molecule has 122 valence electrons. The Balaban J connectivity index is 2.69. The van der Waals surface area contributed by atoms with E-state index in [2.05, 4.69) is 0 Å². The van der Waals surface area contributed by atoms with E-state index in [4.69, 9.17) is 0 Å². The molecule has 0 aliphatic carbocycles. The molecular formula is C15H19F3N2O2. The normalized spacial score (nSPS) is 21.6. The quantitative estimate of drug-likeness (QED) is 0.788. The van der Waals surface area contributed by atoms with Gasteiger partial charge in [-0.3, -0.25) is 0 Å². The third kappa shape index (κ3) is 2.33. The summed E-state index contributed by atoms with van der Waals surface area (Å²) in [6, 6.07) is 2.74. The Morgan fingerprint density at radius 2 is 1.86 bits per heavy atom. The van der Waals surface area contributed by atoms with Crippen molar-refractivity contribution in [3.63, 3.8) is 0 Å². The molecule has 1 heterocycles. The van der Waals surface area contributed by atoms with Gasteiger partial charge in [0, 0.05) is 12.1 Å². The lowest BCUT2D eigenvalue weighted by Crippen LogP contribution is -2.65. The van der Waals surface area contributed by atoms with Crippen molar-refractivity contribution in [3.8, 4) is 0 Å². The summed E-state index contributed by atoms with van der Waals surface area (Å²) in [5.41, 5.74) is -0.126. The van der Waals surface area contributed by atoms with Crippen molar-refractivity contribution in [3.05, 3.63) is 23.8 Å². The van der Waals surface area contributed by atoms with Gasteiger partial charge in [0.05, 0.1) is 11.6 Å². The lowest BCUT2D eigenvalue weighted by molar-refractivity contribution is -0.265. The van der Waals surface area contributed by atoms with Crippen molar-refractivity contribution in [2.45, 2.75) is 46.0 Å². The second kappa shape index (κ2) is 5.15. The molecule has 1 aliphatic rings. The summed E-state index contributed by atoms with van der Waals surface area (Å²) < 4.78 is 38.3. The molecule has 0 saturated carbocycles. The number of rotatable bonds is 2. The van der Waals surface area contributed by atoms with Crippen molar-refractivity contribution in [1.29, 1.82) is 0 Å². The summed E-state index contributed by atoms with van der Waals surface area (Å²) in [4.78, 5) is 13.5. The summed E-state index contributed by atoms with van der Waals surface area (Å²) in [6.45, 7) is 7.15. The molecule has 1 aliphatic heterocycles. The van der Waals surface area contributed by atoms with Gasteiger partial charge >= 0.3 is 6.18 Å². The Morgan fingerprint density at radius 3 is 2.27 bits per heavy atom. The second-order valence-corrected chi connectivity index (χ2v) is 6.13. The molecule has 2 rings (SSSR count). The molecule has 22 heavy (non-hydrogen) atoms. The SMILES string of the molecule is CC(C)N1C[N+](C(=O)[O-])(C(C)C)c2ccc(C(F)(F)F)cc21. The van der Waals surface area contributed by atoms with Gasteiger partial charge in [0.15, 0.2) is 12.4 Å². The number of alkyl halides is 3. The summed E-state index contributed by atoms with van der Waals surface area (Å²) in [5, 5.41) is 11.8. The number of fused-ring (bicyclic) bond motifs is 1. The van der Waals surface area contributed by atoms with E-state index in [9.17, 15) is 23.1 Å². The molecule has 0 saturated heterocycles. The molecule has 7 heteroatoms. The van der Waals surface area contributed by atoms with Crippen LogP contribution in [0.2, 0.25) is 0 Å². The van der Waals surface area contributed by atoms with Gasteiger partial charge in [0.1, 0.15) is 5.69 Å². The fourth-order valence-corrected chi connectivity index (χ4v) is 2.91. The number of benzene rings is 1. The number of halogens is 3. The smallest absolute Gasteiger partial charge is 0.416 e. The first-order valence-electron chi connectivity index (χ1n) is 7.09. The predicted molar refractivity (Wildman–Crippen MR) is 76.3 cm³/mol. The maximum absolute atomic E-state index is 12.9. The second-order valence-electron chi connectivity index (χ2n) is 6.13. The predicted octanol–water partition coefficient (Wildman–Crippen LogP) is 2.95. The van der Waals surface area contributed by atoms with Crippen molar-refractivity contribution in [1.82, 2.24) is 4.48 Å². The number of carbonyl (C=O) groups is 1. The Kier molecular flexibility index (Phi) is 3.89. The van der Waals surface area contributed by atoms with Crippen molar-refractivity contribution in [2.24, 2.45) is 0 Å². The van der Waals surface area contributed by atoms with Crippen LogP contribution in [0.1, 0.15) is 33.3 Å². The molecule has 0 N–H and O–H groups in total. The third-order valence-corrected chi connectivity index (χ3v) is 4.25. The van der Waals surface area contributed by atoms with E-state index in [0.29, 0.717) is 11.4 Å². The van der Waals surface area contributed by atoms with Crippen molar-refractivity contribution < 1.29 is 23.1 Å². The van der Waals surface area contributed by atoms with Gasteiger partial charge < -0.3 is 14.8 Å². The lowest BCUT2D eigenvalue weighted by Gasteiger charge is -2.38. The largest absolute Gasteiger partial charge is 0.498 e. The van der Waals surface area contributed by atoms with Gasteiger partial charge in [-0.25, -0.2) is 4.48 Å². The number of anilines is 1. The van der Waals surface area contributed by atoms with Gasteiger partial charge in [-0.15, -0.1) is 0 Å². The zero-order chi connectivity index (χ0) is 16.9. The highest BCUT2D eigenvalue weighted by Crippen LogP contribution is 2.46. The van der Waals surface area contributed by atoms with E-state index >= 15 is 0 Å². The standard InChI is InChI=1S/C15H19F3N2O2/c1-9(2)19-8-20(10(3)4,14(21)22)13-6-5-11(7-12(13)19)15(16,17)18/h5-7,9-10H,8H2,1-4H3. The van der Waals surface area contributed by atoms with E-state index < -0.39 is 22.3 Å². The van der Waals surface area contributed by atoms with Gasteiger partial charge in [-0.05, 0) is 39.8 Å². The van der Waals surface area contributed by atoms with Gasteiger partial charge in [0.2, 0.25) is 0 Å². The van der Waals surface area contributed by atoms with Crippen LogP contribution in [-0.4, -0.2) is 24.8 Å². The topological polar surface area (TPSA) is 43.4 Å². The van der Waals surface area contributed by atoms with Crippen LogP contribution in [0.4, 0.5) is 29.3 Å². The molecule has 1 unspecified atom stereocenters. The van der Waals surface area contributed by atoms with E-state index in [0.717, 1.165) is 12.1 Å². The summed E-state index contributed by atoms with van der Waals surface area (Å²) in [6.07, 6.45) is -5.77. The van der Waals surface area contributed by atoms with Crippen LogP contribution in [0, 0.1) is 0 Å². The molecule has 0 aromatic heterocycles. The number of hydrogen-bond donors (Lipinski definition) is 0. The van der Waals surface area contributed by atoms with Crippen LogP contribution in [0.15, 0.2) is 18.2 Å². The molecule has 1 aromatic carbocycles. The number of quaternary nitrogens is 1. The van der Waals surface area contributed by atoms with E-state index in [1.807, 2.05) is 13.8 Å². The van der Waals surface area contributed by atoms with Crippen molar-refractivity contribution in [2.75, 3.05) is 11.6 Å². The highest BCUT2D eigenvalue weighted by molar-refractivity contribution is 5.90. The Labute approximate surface area is 127 Å². The lowest BCUT2D eigenvalue weighted by atomic mass is 10.1. The number of hydrogen-bond acceptors (Lipinski definition) is 3. The minimum absolute atomic E-state index is 0.0638. The van der Waals surface area contributed by atoms with Crippen LogP contribution >= 0.6 is 0 Å². The molecule has 0 bridgehead atoms. The van der Waals surface area contributed by atoms with Gasteiger partial charge in [-0.1, -0.05) is 0 Å². The van der Waals surface area contributed by atoms with E-state index in [1.54, 1.807) is 18.7 Å². The van der Waals surface area contributed by atoms with Crippen LogP contribution in [0.25, 0.3) is 0 Å². The Morgan fingerprint density at radius 1 is 1.27 bits per heavy atom. The first-order chi connectivity index (χ1) is 10.0. The third-order valence-electron chi connectivity index (χ3n) is 4.25. The maximum atomic E-state index is 12.9. The minimum Gasteiger partial charge on any atom is -0.498 e. The van der Waals surface area contributed by atoms with Crippen LogP contribution in [0.5, 0.6) is 0 Å². The minimum atomic E-state index is -4.46. The Bertz CT molecular complexity index is 599. The van der Waals surface area contributed by atoms with Crippen molar-refractivity contribution >= 4 is 17.5 Å². The van der Waals surface area contributed by atoms with E-state index in [-0.39, 0.29) is 18.8 Å². The molecule has 0 fully saturated rings. The first-order valence-corrected chi connectivity index (χ1v) is 7.09. The molecule has 1 aromatic rings. The zero-order valence-corrected chi connectivity index (χ0v) is 12.9. The zero-order valence-electron chi connectivity index (χ0n) is 12.9. The average molecular weight is 316 g/mol. The number of carboxylic acid groups (broad SMARTS) is 1. The number of carbonyl (C=O) groups excluding carboxylic acids is 1. The first kappa shape index (κ1) is 16.6. The highest BCUT2D eigenvalue weighted by atomic mass is 19.4. The van der Waals surface area contributed by atoms with E-state index in [1.165, 1.54) is 6.07 Å². The molecule has 0 spiro atoms. The maximum Gasteiger partial charge on any atom is 0.416 e. The molecule has 1 amide bonds. The molecule has 0 radical (unpaired) electrons. The van der Waals surface area contributed by atoms with Crippen LogP contribution in [0.3, 0.4) is 0 Å². The van der Waals surface area contributed by atoms with Crippen LogP contribution < -0.4 is 14.5 Å². The summed E-state index contributed by atoms with van der Waals surface area (Å²) >= 11 is 0. The molecular weight excluding hydrogens is 297 g/mol. The fourth-order valence-electron chi connectivity index (χ4n) is 2.91. The summed E-state index contributed by atoms with van der Waals surface area (Å²) in [7, 11) is 0. The Hall–Kier alpha value is -1.76. The fraction of sp³-hybridized carbons (Fsp3) is 0.533. The number of nitrogens with zero attached hydrogens (tertiary/aromatic N) is 2. The van der Waals surface area contributed by atoms with Crippen LogP contribution in [-0.2, 0) is 6.18 Å². The number of amides is 1. The molecule has 1 atom stereocenters. The highest BCUT2D eigenvalue weighted by Gasteiger charge is 2.48. The summed E-state index contributed by atoms with van der Waals surface area (Å²) in [5.74, 6) is 0. The monoisotopic (exact) mass is 316 g/mol. The van der Waals surface area contributed by atoms with Gasteiger partial charge in [0.25, 0.3) is 6.09 Å². The van der Waals surface area contributed by atoms with Gasteiger partial charge in [-0.2, -0.15) is 13.2 Å². The molecule has 4 nitrogen and oxygen atoms in total. The average Bonchev–Trinajstić information content (AvgIpc) is 2.73.